The molecule has 0 fully saturated rings. The van der Waals surface area contributed by atoms with Crippen LogP contribution in [0.2, 0.25) is 0 Å². The maximum atomic E-state index is 13.0. The molecule has 0 radical (unpaired) electrons. The van der Waals surface area contributed by atoms with Gasteiger partial charge in [-0.15, -0.1) is 0 Å². The van der Waals surface area contributed by atoms with E-state index in [1.54, 1.807) is 56.5 Å². The van der Waals surface area contributed by atoms with Crippen molar-refractivity contribution in [2.24, 2.45) is 0 Å². The normalized spacial score (nSPS) is 11.3. The number of nitrogens with zero attached hydrogens (tertiary/aromatic N) is 1. The molecule has 1 N–H and O–H groups in total. The van der Waals surface area contributed by atoms with Crippen molar-refractivity contribution in [3.63, 3.8) is 0 Å². The van der Waals surface area contributed by atoms with Crippen LogP contribution in [0, 0.1) is 0 Å². The van der Waals surface area contributed by atoms with Crippen molar-refractivity contribution in [1.29, 1.82) is 0 Å². The second kappa shape index (κ2) is 9.95. The van der Waals surface area contributed by atoms with E-state index in [9.17, 15) is 13.2 Å². The highest BCUT2D eigenvalue weighted by atomic mass is 32.2. The lowest BCUT2D eigenvalue weighted by Gasteiger charge is -2.23. The Labute approximate surface area is 182 Å². The molecule has 0 aliphatic carbocycles. The Morgan fingerprint density at radius 3 is 2.26 bits per heavy atom. The number of ether oxygens (including phenoxy) is 1. The molecule has 160 valence electrons. The molecule has 0 aliphatic rings. The van der Waals surface area contributed by atoms with Gasteiger partial charge in [0.05, 0.1) is 17.7 Å². The zero-order valence-electron chi connectivity index (χ0n) is 17.4. The predicted molar refractivity (Wildman–Crippen MR) is 124 cm³/mol. The van der Waals surface area contributed by atoms with Crippen LogP contribution >= 0.6 is 0 Å². The lowest BCUT2D eigenvalue weighted by Crippen LogP contribution is -2.30. The maximum Gasteiger partial charge on any atom is 0.264 e. The zero-order chi connectivity index (χ0) is 22.3. The van der Waals surface area contributed by atoms with Gasteiger partial charge in [0.25, 0.3) is 10.0 Å². The Bertz CT molecular complexity index is 1160. The number of carbonyl (C=O) groups is 1. The van der Waals surface area contributed by atoms with Gasteiger partial charge >= 0.3 is 0 Å². The monoisotopic (exact) mass is 436 g/mol. The number of para-hydroxylation sites is 2. The third-order valence-corrected chi connectivity index (χ3v) is 6.51. The SMILES string of the molecule is CCN(c1ccccc1)S(=O)(=O)c1ccc(NC(=O)/C=C/c2ccccc2OC)cc1. The standard InChI is InChI=1S/C24H24N2O4S/c1-3-26(21-10-5-4-6-11-21)31(28,29)22-16-14-20(15-17-22)25-24(27)18-13-19-9-7-8-12-23(19)30-2/h4-18H,3H2,1-2H3,(H,25,27)/b18-13+. The number of anilines is 2. The highest BCUT2D eigenvalue weighted by Gasteiger charge is 2.23. The highest BCUT2D eigenvalue weighted by molar-refractivity contribution is 7.92. The fourth-order valence-corrected chi connectivity index (χ4v) is 4.55. The van der Waals surface area contributed by atoms with Crippen LogP contribution in [0.4, 0.5) is 11.4 Å². The van der Waals surface area contributed by atoms with Crippen molar-refractivity contribution in [1.82, 2.24) is 0 Å². The van der Waals surface area contributed by atoms with E-state index in [1.165, 1.54) is 22.5 Å². The minimum Gasteiger partial charge on any atom is -0.496 e. The summed E-state index contributed by atoms with van der Waals surface area (Å²) in [4.78, 5) is 12.4. The van der Waals surface area contributed by atoms with Gasteiger partial charge in [-0.2, -0.15) is 0 Å². The summed E-state index contributed by atoms with van der Waals surface area (Å²) in [7, 11) is -2.14. The quantitative estimate of drug-likeness (QED) is 0.525. The van der Waals surface area contributed by atoms with Crippen molar-refractivity contribution >= 4 is 33.4 Å². The summed E-state index contributed by atoms with van der Waals surface area (Å²) >= 11 is 0. The number of benzene rings is 3. The molecule has 3 aromatic carbocycles. The smallest absolute Gasteiger partial charge is 0.264 e. The van der Waals surface area contributed by atoms with Gasteiger partial charge in [-0.05, 0) is 55.5 Å². The van der Waals surface area contributed by atoms with Gasteiger partial charge in [0.2, 0.25) is 5.91 Å². The Kier molecular flexibility index (Phi) is 7.10. The number of carbonyl (C=O) groups excluding carboxylic acids is 1. The lowest BCUT2D eigenvalue weighted by molar-refractivity contribution is -0.111. The summed E-state index contributed by atoms with van der Waals surface area (Å²) in [6, 6.07) is 22.4. The third kappa shape index (κ3) is 5.32. The molecule has 0 aromatic heterocycles. The van der Waals surface area contributed by atoms with Crippen LogP contribution in [0.25, 0.3) is 6.08 Å². The van der Waals surface area contributed by atoms with Gasteiger partial charge in [0, 0.05) is 23.9 Å². The molecule has 3 rings (SSSR count). The van der Waals surface area contributed by atoms with Crippen LogP contribution in [0.15, 0.2) is 89.8 Å². The van der Waals surface area contributed by atoms with E-state index < -0.39 is 10.0 Å². The molecule has 0 spiro atoms. The topological polar surface area (TPSA) is 75.7 Å². The molecule has 0 saturated carbocycles. The largest absolute Gasteiger partial charge is 0.496 e. The number of rotatable bonds is 8. The van der Waals surface area contributed by atoms with Crippen LogP contribution < -0.4 is 14.4 Å². The van der Waals surface area contributed by atoms with E-state index in [-0.39, 0.29) is 10.8 Å². The molecular weight excluding hydrogens is 412 g/mol. The summed E-state index contributed by atoms with van der Waals surface area (Å²) in [5.74, 6) is 0.334. The first-order chi connectivity index (χ1) is 15.0. The summed E-state index contributed by atoms with van der Waals surface area (Å²) in [5, 5.41) is 2.73. The Morgan fingerprint density at radius 1 is 0.968 bits per heavy atom. The van der Waals surface area contributed by atoms with E-state index in [2.05, 4.69) is 5.32 Å². The molecule has 0 atom stereocenters. The number of hydrogen-bond donors (Lipinski definition) is 1. The zero-order valence-corrected chi connectivity index (χ0v) is 18.2. The number of hydrogen-bond acceptors (Lipinski definition) is 4. The van der Waals surface area contributed by atoms with Crippen molar-refractivity contribution in [3.8, 4) is 5.75 Å². The van der Waals surface area contributed by atoms with Crippen molar-refractivity contribution in [2.45, 2.75) is 11.8 Å². The molecule has 0 saturated heterocycles. The third-order valence-electron chi connectivity index (χ3n) is 4.59. The second-order valence-electron chi connectivity index (χ2n) is 6.59. The number of sulfonamides is 1. The first-order valence-corrected chi connectivity index (χ1v) is 11.2. The molecular formula is C24H24N2O4S. The van der Waals surface area contributed by atoms with Gasteiger partial charge in [-0.1, -0.05) is 36.4 Å². The van der Waals surface area contributed by atoms with Gasteiger partial charge in [0.1, 0.15) is 5.75 Å². The first kappa shape index (κ1) is 22.1. The van der Waals surface area contributed by atoms with Crippen molar-refractivity contribution < 1.29 is 17.9 Å². The molecule has 1 amide bonds. The molecule has 0 heterocycles. The number of amides is 1. The van der Waals surface area contributed by atoms with E-state index in [0.29, 0.717) is 23.7 Å². The average Bonchev–Trinajstić information content (AvgIpc) is 2.79. The molecule has 6 nitrogen and oxygen atoms in total. The van der Waals surface area contributed by atoms with Crippen LogP contribution in [0.3, 0.4) is 0 Å². The lowest BCUT2D eigenvalue weighted by atomic mass is 10.2. The molecule has 0 bridgehead atoms. The summed E-state index contributed by atoms with van der Waals surface area (Å²) in [5.41, 5.74) is 1.88. The van der Waals surface area contributed by atoms with Gasteiger partial charge in [-0.25, -0.2) is 8.42 Å². The minimum absolute atomic E-state index is 0.153. The van der Waals surface area contributed by atoms with Gasteiger partial charge in [-0.3, -0.25) is 9.10 Å². The van der Waals surface area contributed by atoms with Crippen molar-refractivity contribution in [3.05, 3.63) is 90.5 Å². The predicted octanol–water partition coefficient (Wildman–Crippen LogP) is 4.56. The van der Waals surface area contributed by atoms with E-state index in [0.717, 1.165) is 5.56 Å². The average molecular weight is 437 g/mol. The van der Waals surface area contributed by atoms with Crippen LogP contribution in [-0.2, 0) is 14.8 Å². The number of nitrogens with one attached hydrogen (secondary N) is 1. The van der Waals surface area contributed by atoms with E-state index in [4.69, 9.17) is 4.74 Å². The van der Waals surface area contributed by atoms with Crippen LogP contribution in [-0.4, -0.2) is 28.0 Å². The molecule has 0 aliphatic heterocycles. The fraction of sp³-hybridized carbons (Fsp3) is 0.125. The summed E-state index contributed by atoms with van der Waals surface area (Å²) in [6.45, 7) is 2.09. The molecule has 31 heavy (non-hydrogen) atoms. The molecule has 3 aromatic rings. The first-order valence-electron chi connectivity index (χ1n) is 9.75. The van der Waals surface area contributed by atoms with Gasteiger partial charge in [0.15, 0.2) is 0 Å². The molecule has 7 heteroatoms. The highest BCUT2D eigenvalue weighted by Crippen LogP contribution is 2.24. The maximum absolute atomic E-state index is 13.0. The van der Waals surface area contributed by atoms with Crippen LogP contribution in [0.5, 0.6) is 5.75 Å². The van der Waals surface area contributed by atoms with Gasteiger partial charge < -0.3 is 10.1 Å². The fourth-order valence-electron chi connectivity index (χ4n) is 3.08. The van der Waals surface area contributed by atoms with E-state index in [1.807, 2.05) is 30.3 Å². The second-order valence-corrected chi connectivity index (χ2v) is 8.46. The van der Waals surface area contributed by atoms with E-state index >= 15 is 0 Å². The molecule has 0 unspecified atom stereocenters. The summed E-state index contributed by atoms with van der Waals surface area (Å²) < 4.78 is 32.7. The Balaban J connectivity index is 1.72. The Hall–Kier alpha value is -3.58. The van der Waals surface area contributed by atoms with Crippen LogP contribution in [0.1, 0.15) is 12.5 Å². The Morgan fingerprint density at radius 2 is 1.61 bits per heavy atom. The van der Waals surface area contributed by atoms with Crippen molar-refractivity contribution in [2.75, 3.05) is 23.3 Å². The summed E-state index contributed by atoms with van der Waals surface area (Å²) in [6.07, 6.45) is 3.06. The number of methoxy groups -OCH3 is 1. The minimum atomic E-state index is -3.71.